The summed E-state index contributed by atoms with van der Waals surface area (Å²) in [7, 11) is 0. The summed E-state index contributed by atoms with van der Waals surface area (Å²) in [6.45, 7) is 0. The van der Waals surface area contributed by atoms with E-state index in [1.54, 1.807) is 17.6 Å². The highest BCUT2D eigenvalue weighted by molar-refractivity contribution is 9.10. The summed E-state index contributed by atoms with van der Waals surface area (Å²) < 4.78 is 5.79. The quantitative estimate of drug-likeness (QED) is 0.786. The molecule has 0 unspecified atom stereocenters. The molecule has 0 saturated heterocycles. The molecule has 0 saturated carbocycles. The number of nitrogens with zero attached hydrogens (tertiary/aromatic N) is 2. The second kappa shape index (κ2) is 3.88. The van der Waals surface area contributed by atoms with E-state index in [0.29, 0.717) is 10.5 Å². The zero-order valence-electron chi connectivity index (χ0n) is 7.98. The molecule has 3 heterocycles. The van der Waals surface area contributed by atoms with Gasteiger partial charge in [-0.05, 0) is 33.4 Å². The van der Waals surface area contributed by atoms with Crippen LogP contribution < -0.4 is 0 Å². The fourth-order valence-corrected chi connectivity index (χ4v) is 2.44. The Bertz CT molecular complexity index is 599. The van der Waals surface area contributed by atoms with E-state index in [1.807, 2.05) is 23.6 Å². The van der Waals surface area contributed by atoms with Crippen LogP contribution in [0, 0.1) is 0 Å². The molecule has 6 heteroatoms. The van der Waals surface area contributed by atoms with Crippen molar-refractivity contribution in [3.05, 3.63) is 34.5 Å². The van der Waals surface area contributed by atoms with E-state index in [4.69, 9.17) is 4.42 Å². The van der Waals surface area contributed by atoms with Crippen LogP contribution in [0.2, 0.25) is 0 Å². The van der Waals surface area contributed by atoms with Gasteiger partial charge in [-0.15, -0.1) is 11.3 Å². The lowest BCUT2D eigenvalue weighted by Crippen LogP contribution is -1.77. The Hall–Kier alpha value is -1.40. The maximum atomic E-state index is 5.14. The SMILES string of the molecule is Brc1occc1-c1n[nH]c(-c2cccs2)n1. The number of aromatic amines is 1. The average molecular weight is 296 g/mol. The van der Waals surface area contributed by atoms with Crippen molar-refractivity contribution in [3.63, 3.8) is 0 Å². The molecule has 4 nitrogen and oxygen atoms in total. The van der Waals surface area contributed by atoms with E-state index in [2.05, 4.69) is 31.1 Å². The van der Waals surface area contributed by atoms with Crippen LogP contribution in [0.4, 0.5) is 0 Å². The predicted molar refractivity (Wildman–Crippen MR) is 65.1 cm³/mol. The minimum Gasteiger partial charge on any atom is -0.457 e. The summed E-state index contributed by atoms with van der Waals surface area (Å²) in [6, 6.07) is 5.81. The number of hydrogen-bond donors (Lipinski definition) is 1. The second-order valence-electron chi connectivity index (χ2n) is 3.09. The van der Waals surface area contributed by atoms with Gasteiger partial charge < -0.3 is 4.42 Å². The summed E-state index contributed by atoms with van der Waals surface area (Å²) in [5.41, 5.74) is 0.846. The number of rotatable bonds is 2. The predicted octanol–water partition coefficient (Wildman–Crippen LogP) is 3.56. The lowest BCUT2D eigenvalue weighted by molar-refractivity contribution is 0.542. The van der Waals surface area contributed by atoms with Crippen LogP contribution in [0.1, 0.15) is 0 Å². The molecule has 0 bridgehead atoms. The van der Waals surface area contributed by atoms with Gasteiger partial charge in [0.05, 0.1) is 16.7 Å². The summed E-state index contributed by atoms with van der Waals surface area (Å²) in [4.78, 5) is 5.48. The molecule has 80 valence electrons. The lowest BCUT2D eigenvalue weighted by Gasteiger charge is -1.88. The topological polar surface area (TPSA) is 54.7 Å². The van der Waals surface area contributed by atoms with Gasteiger partial charge in [0.25, 0.3) is 0 Å². The van der Waals surface area contributed by atoms with E-state index < -0.39 is 0 Å². The van der Waals surface area contributed by atoms with E-state index in [-0.39, 0.29) is 0 Å². The zero-order chi connectivity index (χ0) is 11.0. The molecule has 3 aromatic rings. The zero-order valence-corrected chi connectivity index (χ0v) is 10.4. The first-order chi connectivity index (χ1) is 7.84. The number of thiophene rings is 1. The number of H-pyrrole nitrogens is 1. The third kappa shape index (κ3) is 1.60. The van der Waals surface area contributed by atoms with E-state index in [9.17, 15) is 0 Å². The molecular formula is C10H6BrN3OS. The highest BCUT2D eigenvalue weighted by Crippen LogP contribution is 2.28. The molecule has 3 aromatic heterocycles. The van der Waals surface area contributed by atoms with Crippen molar-refractivity contribution in [1.29, 1.82) is 0 Å². The Balaban J connectivity index is 2.03. The van der Waals surface area contributed by atoms with Gasteiger partial charge in [0.2, 0.25) is 0 Å². The minimum absolute atomic E-state index is 0.629. The van der Waals surface area contributed by atoms with Gasteiger partial charge in [0.1, 0.15) is 0 Å². The highest BCUT2D eigenvalue weighted by atomic mass is 79.9. The van der Waals surface area contributed by atoms with Crippen LogP contribution in [0.5, 0.6) is 0 Å². The first kappa shape index (κ1) is 9.80. The number of hydrogen-bond acceptors (Lipinski definition) is 4. The number of furan rings is 1. The molecule has 0 amide bonds. The van der Waals surface area contributed by atoms with Gasteiger partial charge in [-0.25, -0.2) is 4.98 Å². The van der Waals surface area contributed by atoms with Crippen LogP contribution in [-0.2, 0) is 0 Å². The molecule has 0 aliphatic rings. The van der Waals surface area contributed by atoms with Crippen molar-refractivity contribution < 1.29 is 4.42 Å². The Morgan fingerprint density at radius 3 is 3.00 bits per heavy atom. The molecule has 0 atom stereocenters. The Labute approximate surface area is 103 Å². The summed E-state index contributed by atoms with van der Waals surface area (Å²) in [5, 5.41) is 9.07. The van der Waals surface area contributed by atoms with Crippen molar-refractivity contribution in [3.8, 4) is 22.1 Å². The normalized spacial score (nSPS) is 10.8. The van der Waals surface area contributed by atoms with Crippen LogP contribution >= 0.6 is 27.3 Å². The molecule has 0 aromatic carbocycles. The maximum absolute atomic E-state index is 5.14. The highest BCUT2D eigenvalue weighted by Gasteiger charge is 2.12. The van der Waals surface area contributed by atoms with E-state index in [1.165, 1.54) is 0 Å². The van der Waals surface area contributed by atoms with Crippen molar-refractivity contribution in [1.82, 2.24) is 15.2 Å². The number of aromatic nitrogens is 3. The van der Waals surface area contributed by atoms with Crippen LogP contribution in [-0.4, -0.2) is 15.2 Å². The molecule has 16 heavy (non-hydrogen) atoms. The van der Waals surface area contributed by atoms with Gasteiger partial charge in [0, 0.05) is 0 Å². The first-order valence-electron chi connectivity index (χ1n) is 4.54. The average Bonchev–Trinajstić information content (AvgIpc) is 2.96. The largest absolute Gasteiger partial charge is 0.457 e. The molecule has 0 spiro atoms. The van der Waals surface area contributed by atoms with Gasteiger partial charge in [-0.1, -0.05) is 6.07 Å². The standard InChI is InChI=1S/C10H6BrN3OS/c11-8-6(3-4-15-8)9-12-10(14-13-9)7-2-1-5-16-7/h1-5H,(H,12,13,14). The van der Waals surface area contributed by atoms with Crippen molar-refractivity contribution in [2.24, 2.45) is 0 Å². The Kier molecular flexibility index (Phi) is 2.37. The summed E-state index contributed by atoms with van der Waals surface area (Å²) >= 11 is 4.92. The lowest BCUT2D eigenvalue weighted by atomic mass is 10.3. The fraction of sp³-hybridized carbons (Fsp3) is 0. The van der Waals surface area contributed by atoms with E-state index >= 15 is 0 Å². The smallest absolute Gasteiger partial charge is 0.185 e. The summed E-state index contributed by atoms with van der Waals surface area (Å²) in [5.74, 6) is 1.40. The minimum atomic E-state index is 0.629. The molecule has 0 aliphatic heterocycles. The van der Waals surface area contributed by atoms with Gasteiger partial charge >= 0.3 is 0 Å². The molecule has 3 rings (SSSR count). The van der Waals surface area contributed by atoms with E-state index in [0.717, 1.165) is 16.3 Å². The van der Waals surface area contributed by atoms with Gasteiger partial charge in [-0.2, -0.15) is 5.10 Å². The fourth-order valence-electron chi connectivity index (χ4n) is 1.36. The first-order valence-corrected chi connectivity index (χ1v) is 6.21. The summed E-state index contributed by atoms with van der Waals surface area (Å²) in [6.07, 6.45) is 1.60. The van der Waals surface area contributed by atoms with Crippen LogP contribution in [0.25, 0.3) is 22.1 Å². The van der Waals surface area contributed by atoms with Crippen LogP contribution in [0.15, 0.2) is 38.9 Å². The van der Waals surface area contributed by atoms with Crippen molar-refractivity contribution in [2.45, 2.75) is 0 Å². The molecule has 0 aliphatic carbocycles. The monoisotopic (exact) mass is 295 g/mol. The molecule has 1 N–H and O–H groups in total. The maximum Gasteiger partial charge on any atom is 0.185 e. The van der Waals surface area contributed by atoms with Crippen molar-refractivity contribution in [2.75, 3.05) is 0 Å². The molecule has 0 radical (unpaired) electrons. The van der Waals surface area contributed by atoms with Gasteiger partial charge in [-0.3, -0.25) is 5.10 Å². The molecular weight excluding hydrogens is 290 g/mol. The number of nitrogens with one attached hydrogen (secondary N) is 1. The Morgan fingerprint density at radius 1 is 1.38 bits per heavy atom. The second-order valence-corrected chi connectivity index (χ2v) is 4.76. The molecule has 0 fully saturated rings. The van der Waals surface area contributed by atoms with Crippen LogP contribution in [0.3, 0.4) is 0 Å². The number of halogens is 1. The third-order valence-electron chi connectivity index (χ3n) is 2.10. The Morgan fingerprint density at radius 2 is 2.31 bits per heavy atom. The third-order valence-corrected chi connectivity index (χ3v) is 3.59. The van der Waals surface area contributed by atoms with Gasteiger partial charge in [0.15, 0.2) is 16.3 Å². The van der Waals surface area contributed by atoms with Crippen molar-refractivity contribution >= 4 is 27.3 Å².